The lowest BCUT2D eigenvalue weighted by Crippen LogP contribution is -2.26. The maximum atomic E-state index is 11.3. The Bertz CT molecular complexity index is 151. The zero-order chi connectivity index (χ0) is 8.97. The van der Waals surface area contributed by atoms with E-state index in [9.17, 15) is 4.79 Å². The predicted octanol–water partition coefficient (Wildman–Crippen LogP) is 1.59. The van der Waals surface area contributed by atoms with E-state index in [0.29, 0.717) is 0 Å². The molecule has 1 saturated carbocycles. The number of carbonyl (C=O) groups excluding carboxylic acids is 1. The van der Waals surface area contributed by atoms with Gasteiger partial charge in [0.1, 0.15) is 0 Å². The molecule has 0 atom stereocenters. The van der Waals surface area contributed by atoms with Crippen LogP contribution in [0.15, 0.2) is 0 Å². The highest BCUT2D eigenvalue weighted by Gasteiger charge is 2.22. The van der Waals surface area contributed by atoms with Crippen molar-refractivity contribution in [3.05, 3.63) is 0 Å². The van der Waals surface area contributed by atoms with Crippen LogP contribution in [-0.4, -0.2) is 25.1 Å². The van der Waals surface area contributed by atoms with Gasteiger partial charge < -0.3 is 4.84 Å². The molecule has 0 aromatic heterocycles. The third-order valence-electron chi connectivity index (χ3n) is 2.21. The fraction of sp³-hybridized carbons (Fsp3) is 0.889. The quantitative estimate of drug-likeness (QED) is 0.591. The molecule has 3 heteroatoms. The molecule has 1 aliphatic carbocycles. The van der Waals surface area contributed by atoms with E-state index in [1.54, 1.807) is 14.1 Å². The van der Waals surface area contributed by atoms with Crippen molar-refractivity contribution in [2.24, 2.45) is 5.92 Å². The maximum Gasteiger partial charge on any atom is 0.328 e. The number of hydrogen-bond acceptors (Lipinski definition) is 3. The summed E-state index contributed by atoms with van der Waals surface area (Å²) >= 11 is 0. The SMILES string of the molecule is CN(C)OC(=O)C1CCCCC1. The molecule has 0 aliphatic heterocycles. The molecule has 0 amide bonds. The predicted molar refractivity (Wildman–Crippen MR) is 46.4 cm³/mol. The van der Waals surface area contributed by atoms with Crippen molar-refractivity contribution < 1.29 is 9.63 Å². The zero-order valence-corrected chi connectivity index (χ0v) is 7.88. The van der Waals surface area contributed by atoms with Gasteiger partial charge in [0.15, 0.2) is 0 Å². The van der Waals surface area contributed by atoms with Gasteiger partial charge in [-0.1, -0.05) is 19.3 Å². The number of rotatable bonds is 2. The number of hydrogen-bond donors (Lipinski definition) is 0. The Morgan fingerprint density at radius 1 is 1.25 bits per heavy atom. The monoisotopic (exact) mass is 171 g/mol. The van der Waals surface area contributed by atoms with E-state index in [4.69, 9.17) is 4.84 Å². The second-order valence-electron chi connectivity index (χ2n) is 3.56. The van der Waals surface area contributed by atoms with Gasteiger partial charge in [-0.3, -0.25) is 4.79 Å². The summed E-state index contributed by atoms with van der Waals surface area (Å²) in [7, 11) is 3.47. The van der Waals surface area contributed by atoms with Gasteiger partial charge in [-0.2, -0.15) is 0 Å². The van der Waals surface area contributed by atoms with E-state index in [-0.39, 0.29) is 11.9 Å². The molecule has 1 aliphatic rings. The Hall–Kier alpha value is -0.570. The van der Waals surface area contributed by atoms with Gasteiger partial charge in [0.2, 0.25) is 0 Å². The molecule has 0 unspecified atom stereocenters. The second-order valence-corrected chi connectivity index (χ2v) is 3.56. The smallest absolute Gasteiger partial charge is 0.328 e. The molecule has 0 aromatic rings. The van der Waals surface area contributed by atoms with Crippen molar-refractivity contribution >= 4 is 5.97 Å². The van der Waals surface area contributed by atoms with Crippen LogP contribution in [0.1, 0.15) is 32.1 Å². The van der Waals surface area contributed by atoms with Gasteiger partial charge in [-0.15, -0.1) is 5.06 Å². The summed E-state index contributed by atoms with van der Waals surface area (Å²) < 4.78 is 0. The first-order valence-corrected chi connectivity index (χ1v) is 4.59. The van der Waals surface area contributed by atoms with Crippen molar-refractivity contribution in [1.82, 2.24) is 5.06 Å². The minimum Gasteiger partial charge on any atom is -0.368 e. The molecule has 0 heterocycles. The van der Waals surface area contributed by atoms with E-state index in [0.717, 1.165) is 12.8 Å². The first kappa shape index (κ1) is 9.52. The normalized spacial score (nSPS) is 19.6. The van der Waals surface area contributed by atoms with Crippen molar-refractivity contribution in [3.63, 3.8) is 0 Å². The Morgan fingerprint density at radius 2 is 1.83 bits per heavy atom. The van der Waals surface area contributed by atoms with Crippen LogP contribution >= 0.6 is 0 Å². The Kier molecular flexibility index (Phi) is 3.53. The average Bonchev–Trinajstić information content (AvgIpc) is 2.05. The minimum atomic E-state index is -0.0558. The van der Waals surface area contributed by atoms with Crippen LogP contribution in [0.4, 0.5) is 0 Å². The highest BCUT2D eigenvalue weighted by atomic mass is 16.7. The molecule has 1 fully saturated rings. The summed E-state index contributed by atoms with van der Waals surface area (Å²) in [6.07, 6.45) is 5.63. The minimum absolute atomic E-state index is 0.0558. The fourth-order valence-electron chi connectivity index (χ4n) is 1.59. The highest BCUT2D eigenvalue weighted by Crippen LogP contribution is 2.24. The molecule has 70 valence electrons. The molecule has 0 spiro atoms. The van der Waals surface area contributed by atoms with Crippen molar-refractivity contribution in [2.45, 2.75) is 32.1 Å². The zero-order valence-electron chi connectivity index (χ0n) is 7.88. The Morgan fingerprint density at radius 3 is 2.33 bits per heavy atom. The molecule has 0 aromatic carbocycles. The molecule has 0 N–H and O–H groups in total. The third kappa shape index (κ3) is 2.81. The molecule has 0 saturated heterocycles. The van der Waals surface area contributed by atoms with Gasteiger partial charge in [-0.25, -0.2) is 0 Å². The van der Waals surface area contributed by atoms with Gasteiger partial charge in [0.25, 0.3) is 0 Å². The van der Waals surface area contributed by atoms with Crippen LogP contribution in [-0.2, 0) is 9.63 Å². The van der Waals surface area contributed by atoms with Crippen LogP contribution < -0.4 is 0 Å². The van der Waals surface area contributed by atoms with Gasteiger partial charge in [-0.05, 0) is 12.8 Å². The third-order valence-corrected chi connectivity index (χ3v) is 2.21. The lowest BCUT2D eigenvalue weighted by molar-refractivity contribution is -0.184. The molecule has 3 nitrogen and oxygen atoms in total. The topological polar surface area (TPSA) is 29.5 Å². The van der Waals surface area contributed by atoms with Crippen LogP contribution in [0.3, 0.4) is 0 Å². The summed E-state index contributed by atoms with van der Waals surface area (Å²) in [5, 5.41) is 1.47. The van der Waals surface area contributed by atoms with Gasteiger partial charge in [0.05, 0.1) is 5.92 Å². The summed E-state index contributed by atoms with van der Waals surface area (Å²) in [6, 6.07) is 0. The van der Waals surface area contributed by atoms with E-state index in [1.165, 1.54) is 24.3 Å². The second kappa shape index (κ2) is 4.45. The van der Waals surface area contributed by atoms with Crippen LogP contribution in [0.5, 0.6) is 0 Å². The lowest BCUT2D eigenvalue weighted by atomic mass is 9.89. The van der Waals surface area contributed by atoms with Gasteiger partial charge >= 0.3 is 5.97 Å². The first-order chi connectivity index (χ1) is 5.70. The molecule has 0 radical (unpaired) electrons. The van der Waals surface area contributed by atoms with Crippen LogP contribution in [0.2, 0.25) is 0 Å². The van der Waals surface area contributed by atoms with E-state index >= 15 is 0 Å². The summed E-state index contributed by atoms with van der Waals surface area (Å²) in [6.45, 7) is 0. The van der Waals surface area contributed by atoms with Crippen molar-refractivity contribution in [1.29, 1.82) is 0 Å². The highest BCUT2D eigenvalue weighted by molar-refractivity contribution is 5.72. The molecular formula is C9H17NO2. The molecule has 1 rings (SSSR count). The molecular weight excluding hydrogens is 154 g/mol. The lowest BCUT2D eigenvalue weighted by Gasteiger charge is -2.21. The number of hydroxylamine groups is 2. The van der Waals surface area contributed by atoms with Crippen LogP contribution in [0, 0.1) is 5.92 Å². The van der Waals surface area contributed by atoms with Crippen LogP contribution in [0.25, 0.3) is 0 Å². The number of nitrogens with zero attached hydrogens (tertiary/aromatic N) is 1. The largest absolute Gasteiger partial charge is 0.368 e. The van der Waals surface area contributed by atoms with Gasteiger partial charge in [0, 0.05) is 14.1 Å². The van der Waals surface area contributed by atoms with Crippen molar-refractivity contribution in [2.75, 3.05) is 14.1 Å². The molecule has 12 heavy (non-hydrogen) atoms. The Balaban J connectivity index is 2.30. The standard InChI is InChI=1S/C9H17NO2/c1-10(2)12-9(11)8-6-4-3-5-7-8/h8H,3-7H2,1-2H3. The fourth-order valence-corrected chi connectivity index (χ4v) is 1.59. The van der Waals surface area contributed by atoms with E-state index in [1.807, 2.05) is 0 Å². The number of carbonyl (C=O) groups is 1. The average molecular weight is 171 g/mol. The summed E-state index contributed by atoms with van der Waals surface area (Å²) in [5.74, 6) is 0.0980. The maximum absolute atomic E-state index is 11.3. The molecule has 0 bridgehead atoms. The summed E-state index contributed by atoms with van der Waals surface area (Å²) in [4.78, 5) is 16.3. The van der Waals surface area contributed by atoms with E-state index < -0.39 is 0 Å². The Labute approximate surface area is 73.6 Å². The summed E-state index contributed by atoms with van der Waals surface area (Å²) in [5.41, 5.74) is 0. The van der Waals surface area contributed by atoms with E-state index in [2.05, 4.69) is 0 Å². The van der Waals surface area contributed by atoms with Crippen molar-refractivity contribution in [3.8, 4) is 0 Å². The first-order valence-electron chi connectivity index (χ1n) is 4.59.